The number of hydrogen-bond donors (Lipinski definition) is 2. The lowest BCUT2D eigenvalue weighted by atomic mass is 9.99. The van der Waals surface area contributed by atoms with Crippen LogP contribution in [-0.2, 0) is 12.7 Å². The van der Waals surface area contributed by atoms with E-state index in [1.165, 1.54) is 18.2 Å². The van der Waals surface area contributed by atoms with Gasteiger partial charge in [-0.1, -0.05) is 12.1 Å². The second kappa shape index (κ2) is 9.15. The van der Waals surface area contributed by atoms with Gasteiger partial charge in [0.2, 0.25) is 0 Å². The summed E-state index contributed by atoms with van der Waals surface area (Å²) >= 11 is 0. The van der Waals surface area contributed by atoms with E-state index < -0.39 is 17.7 Å². The Hall–Kier alpha value is -3.52. The quantitative estimate of drug-likeness (QED) is 0.560. The topological polar surface area (TPSA) is 64.0 Å². The van der Waals surface area contributed by atoms with Gasteiger partial charge in [-0.15, -0.1) is 0 Å². The average molecular weight is 456 g/mol. The van der Waals surface area contributed by atoms with E-state index in [1.54, 1.807) is 42.5 Å². The van der Waals surface area contributed by atoms with Crippen LogP contribution in [0.5, 0.6) is 5.75 Å². The van der Waals surface area contributed by atoms with Gasteiger partial charge < -0.3 is 15.1 Å². The van der Waals surface area contributed by atoms with E-state index in [0.29, 0.717) is 49.4 Å². The molecule has 5 nitrogen and oxygen atoms in total. The summed E-state index contributed by atoms with van der Waals surface area (Å²) in [6.07, 6.45) is -4.47. The molecule has 0 unspecified atom stereocenters. The molecule has 0 amide bonds. The maximum absolute atomic E-state index is 13.5. The smallest absolute Gasteiger partial charge is 0.416 e. The molecule has 0 saturated carbocycles. The van der Waals surface area contributed by atoms with Gasteiger partial charge in [-0.05, 0) is 71.3 Å². The van der Waals surface area contributed by atoms with Crippen LogP contribution in [0.25, 0.3) is 11.1 Å². The Morgan fingerprint density at radius 1 is 0.879 bits per heavy atom. The van der Waals surface area contributed by atoms with Gasteiger partial charge in [0.15, 0.2) is 0 Å². The Labute approximate surface area is 189 Å². The fraction of sp³-hybridized carbons (Fsp3) is 0.240. The third kappa shape index (κ3) is 5.46. The molecular formula is C25H23F3N2O3. The normalized spacial score (nSPS) is 14.9. The molecular weight excluding hydrogens is 433 g/mol. The maximum atomic E-state index is 13.5. The number of phenolic OH excluding ortho intramolecular Hbond substituents is 1. The second-order valence-electron chi connectivity index (χ2n) is 8.08. The number of alkyl halides is 3. The van der Waals surface area contributed by atoms with Crippen molar-refractivity contribution in [3.8, 4) is 16.9 Å². The lowest BCUT2D eigenvalue weighted by Crippen LogP contribution is -2.46. The number of carboxylic acid groups (broad SMARTS) is 1. The highest BCUT2D eigenvalue weighted by atomic mass is 19.4. The number of rotatable bonds is 5. The van der Waals surface area contributed by atoms with Gasteiger partial charge in [0.25, 0.3) is 0 Å². The van der Waals surface area contributed by atoms with E-state index in [0.717, 1.165) is 11.8 Å². The van der Waals surface area contributed by atoms with Crippen LogP contribution in [0.3, 0.4) is 0 Å². The molecule has 0 aromatic heterocycles. The van der Waals surface area contributed by atoms with E-state index in [1.807, 2.05) is 0 Å². The van der Waals surface area contributed by atoms with Crippen LogP contribution in [0.2, 0.25) is 0 Å². The molecule has 172 valence electrons. The largest absolute Gasteiger partial charge is 0.508 e. The van der Waals surface area contributed by atoms with Gasteiger partial charge in [-0.3, -0.25) is 4.90 Å². The fourth-order valence-electron chi connectivity index (χ4n) is 4.04. The van der Waals surface area contributed by atoms with Gasteiger partial charge in [-0.25, -0.2) is 4.79 Å². The third-order valence-electron chi connectivity index (χ3n) is 5.76. The Bertz CT molecular complexity index is 1140. The number of halogens is 3. The highest BCUT2D eigenvalue weighted by molar-refractivity contribution is 5.88. The van der Waals surface area contributed by atoms with Crippen molar-refractivity contribution >= 4 is 11.7 Å². The Balaban J connectivity index is 1.48. The van der Waals surface area contributed by atoms with Gasteiger partial charge in [0.05, 0.1) is 11.1 Å². The number of benzene rings is 3. The molecule has 1 aliphatic rings. The highest BCUT2D eigenvalue weighted by Gasteiger charge is 2.31. The van der Waals surface area contributed by atoms with Crippen molar-refractivity contribution in [2.75, 3.05) is 31.1 Å². The van der Waals surface area contributed by atoms with Crippen LogP contribution in [0.15, 0.2) is 66.7 Å². The second-order valence-corrected chi connectivity index (χ2v) is 8.08. The molecule has 2 N–H and O–H groups in total. The van der Waals surface area contributed by atoms with Crippen molar-refractivity contribution in [2.24, 2.45) is 0 Å². The molecule has 3 aromatic rings. The maximum Gasteiger partial charge on any atom is 0.416 e. The first-order chi connectivity index (χ1) is 15.7. The fourth-order valence-corrected chi connectivity index (χ4v) is 4.04. The summed E-state index contributed by atoms with van der Waals surface area (Å²) < 4.78 is 40.6. The summed E-state index contributed by atoms with van der Waals surface area (Å²) in [5.74, 6) is -0.975. The van der Waals surface area contributed by atoms with Crippen molar-refractivity contribution in [3.63, 3.8) is 0 Å². The molecule has 33 heavy (non-hydrogen) atoms. The van der Waals surface area contributed by atoms with E-state index >= 15 is 0 Å². The van der Waals surface area contributed by atoms with Crippen molar-refractivity contribution in [3.05, 3.63) is 83.4 Å². The number of carbonyl (C=O) groups is 1. The predicted molar refractivity (Wildman–Crippen MR) is 119 cm³/mol. The molecule has 0 radical (unpaired) electrons. The minimum absolute atomic E-state index is 0.000953. The Kier molecular flexibility index (Phi) is 6.29. The minimum atomic E-state index is -4.47. The highest BCUT2D eigenvalue weighted by Crippen LogP contribution is 2.34. The molecule has 0 atom stereocenters. The number of nitrogens with zero attached hydrogens (tertiary/aromatic N) is 2. The van der Waals surface area contributed by atoms with Crippen LogP contribution < -0.4 is 4.90 Å². The zero-order valence-corrected chi connectivity index (χ0v) is 17.7. The number of aromatic hydroxyl groups is 1. The SMILES string of the molecule is O=C(O)c1ccc(N2CCN(Cc3cc(-c4cccc(O)c4)cc(C(F)(F)F)c3)CC2)cc1. The zero-order chi connectivity index (χ0) is 23.6. The van der Waals surface area contributed by atoms with Gasteiger partial charge in [0.1, 0.15) is 5.75 Å². The van der Waals surface area contributed by atoms with Crippen molar-refractivity contribution in [2.45, 2.75) is 12.7 Å². The molecule has 0 bridgehead atoms. The summed E-state index contributed by atoms with van der Waals surface area (Å²) in [4.78, 5) is 15.3. The van der Waals surface area contributed by atoms with E-state index in [2.05, 4.69) is 9.80 Å². The van der Waals surface area contributed by atoms with Crippen LogP contribution >= 0.6 is 0 Å². The summed E-state index contributed by atoms with van der Waals surface area (Å²) in [5, 5.41) is 18.8. The molecule has 1 fully saturated rings. The number of phenols is 1. The molecule has 0 aliphatic carbocycles. The number of anilines is 1. The number of hydrogen-bond acceptors (Lipinski definition) is 4. The number of piperazine rings is 1. The lowest BCUT2D eigenvalue weighted by molar-refractivity contribution is -0.137. The van der Waals surface area contributed by atoms with E-state index in [-0.39, 0.29) is 11.3 Å². The molecule has 1 saturated heterocycles. The summed E-state index contributed by atoms with van der Waals surface area (Å²) in [5.41, 5.74) is 1.93. The molecule has 3 aromatic carbocycles. The molecule has 4 rings (SSSR count). The van der Waals surface area contributed by atoms with E-state index in [9.17, 15) is 23.1 Å². The number of carboxylic acids is 1. The average Bonchev–Trinajstić information content (AvgIpc) is 2.79. The Morgan fingerprint density at radius 2 is 1.58 bits per heavy atom. The minimum Gasteiger partial charge on any atom is -0.508 e. The van der Waals surface area contributed by atoms with Crippen molar-refractivity contribution < 1.29 is 28.2 Å². The van der Waals surface area contributed by atoms with Crippen LogP contribution in [0.1, 0.15) is 21.5 Å². The molecule has 1 heterocycles. The first-order valence-electron chi connectivity index (χ1n) is 10.5. The predicted octanol–water partition coefficient (Wildman–Crippen LogP) is 5.10. The molecule has 1 aliphatic heterocycles. The Morgan fingerprint density at radius 3 is 2.18 bits per heavy atom. The summed E-state index contributed by atoms with van der Waals surface area (Å²) in [6.45, 7) is 3.08. The van der Waals surface area contributed by atoms with Crippen LogP contribution in [-0.4, -0.2) is 47.3 Å². The first-order valence-corrected chi connectivity index (χ1v) is 10.5. The van der Waals surface area contributed by atoms with Gasteiger partial charge >= 0.3 is 12.1 Å². The number of aromatic carboxylic acids is 1. The van der Waals surface area contributed by atoms with Crippen molar-refractivity contribution in [1.29, 1.82) is 0 Å². The van der Waals surface area contributed by atoms with Crippen LogP contribution in [0.4, 0.5) is 18.9 Å². The van der Waals surface area contributed by atoms with Gasteiger partial charge in [0, 0.05) is 38.4 Å². The van der Waals surface area contributed by atoms with Gasteiger partial charge in [-0.2, -0.15) is 13.2 Å². The zero-order valence-electron chi connectivity index (χ0n) is 17.7. The van der Waals surface area contributed by atoms with Crippen molar-refractivity contribution in [1.82, 2.24) is 4.90 Å². The molecule has 8 heteroatoms. The third-order valence-corrected chi connectivity index (χ3v) is 5.76. The monoisotopic (exact) mass is 456 g/mol. The van der Waals surface area contributed by atoms with Crippen LogP contribution in [0, 0.1) is 0 Å². The standard InChI is InChI=1S/C25H23F3N2O3/c26-25(27,28)21-13-17(12-20(14-21)19-2-1-3-23(31)15-19)16-29-8-10-30(11-9-29)22-6-4-18(5-7-22)24(32)33/h1-7,12-15,31H,8-11,16H2,(H,32,33). The van der Waals surface area contributed by atoms with E-state index in [4.69, 9.17) is 5.11 Å². The molecule has 0 spiro atoms. The summed E-state index contributed by atoms with van der Waals surface area (Å²) in [7, 11) is 0. The summed E-state index contributed by atoms with van der Waals surface area (Å²) in [6, 6.07) is 16.9. The first kappa shape index (κ1) is 22.7. The lowest BCUT2D eigenvalue weighted by Gasteiger charge is -2.36.